The van der Waals surface area contributed by atoms with Crippen LogP contribution in [0.5, 0.6) is 11.5 Å². The summed E-state index contributed by atoms with van der Waals surface area (Å²) in [5.74, 6) is 1.04. The Morgan fingerprint density at radius 1 is 1.44 bits per heavy atom. The third-order valence-corrected chi connectivity index (χ3v) is 5.08. The monoisotopic (exact) mass is 442 g/mol. The number of aromatic hydroxyl groups is 1. The van der Waals surface area contributed by atoms with Gasteiger partial charge in [0.05, 0.1) is 23.5 Å². The highest BCUT2D eigenvalue weighted by atomic mass is 79.9. The lowest BCUT2D eigenvalue weighted by Crippen LogP contribution is -2.19. The molecule has 0 fully saturated rings. The Morgan fingerprint density at radius 2 is 2.20 bits per heavy atom. The first kappa shape index (κ1) is 19.6. The van der Waals surface area contributed by atoms with Crippen molar-refractivity contribution in [2.75, 3.05) is 12.9 Å². The summed E-state index contributed by atoms with van der Waals surface area (Å²) >= 11 is 10.8. The zero-order valence-corrected chi connectivity index (χ0v) is 16.5. The number of benzene rings is 2. The molecule has 2 rings (SSSR count). The van der Waals surface area contributed by atoms with Crippen LogP contribution in [0.1, 0.15) is 11.1 Å². The highest BCUT2D eigenvalue weighted by Gasteiger charge is 2.07. The molecule has 8 heteroatoms. The van der Waals surface area contributed by atoms with Gasteiger partial charge in [0.2, 0.25) is 5.91 Å². The van der Waals surface area contributed by atoms with E-state index in [4.69, 9.17) is 16.3 Å². The molecule has 132 valence electrons. The van der Waals surface area contributed by atoms with E-state index in [1.54, 1.807) is 12.1 Å². The van der Waals surface area contributed by atoms with Gasteiger partial charge in [-0.1, -0.05) is 29.8 Å². The summed E-state index contributed by atoms with van der Waals surface area (Å²) in [6.45, 7) is 0. The third-order valence-electron chi connectivity index (χ3n) is 3.12. The SMILES string of the molecule is COc1cc(/C=N\NC(=O)CSCc2ccccc2Cl)cc(Br)c1O. The number of halogens is 2. The number of ether oxygens (including phenoxy) is 1. The van der Waals surface area contributed by atoms with Crippen molar-refractivity contribution in [3.63, 3.8) is 0 Å². The van der Waals surface area contributed by atoms with Crippen LogP contribution < -0.4 is 10.2 Å². The van der Waals surface area contributed by atoms with E-state index >= 15 is 0 Å². The van der Waals surface area contributed by atoms with E-state index < -0.39 is 0 Å². The molecular weight excluding hydrogens is 428 g/mol. The number of hydrazone groups is 1. The molecule has 0 spiro atoms. The molecule has 0 saturated heterocycles. The van der Waals surface area contributed by atoms with Crippen molar-refractivity contribution in [1.82, 2.24) is 5.43 Å². The number of hydrogen-bond donors (Lipinski definition) is 2. The number of phenolic OH excluding ortho intramolecular Hbond substituents is 1. The Balaban J connectivity index is 1.83. The van der Waals surface area contributed by atoms with Gasteiger partial charge in [0.1, 0.15) is 0 Å². The van der Waals surface area contributed by atoms with Gasteiger partial charge in [-0.2, -0.15) is 5.10 Å². The van der Waals surface area contributed by atoms with Gasteiger partial charge in [0.15, 0.2) is 11.5 Å². The summed E-state index contributed by atoms with van der Waals surface area (Å²) in [6.07, 6.45) is 1.48. The second kappa shape index (κ2) is 9.70. The van der Waals surface area contributed by atoms with Crippen LogP contribution in [0, 0.1) is 0 Å². The van der Waals surface area contributed by atoms with Crippen LogP contribution in [0.25, 0.3) is 0 Å². The molecule has 2 N–H and O–H groups in total. The second-order valence-electron chi connectivity index (χ2n) is 4.93. The average molecular weight is 444 g/mol. The number of phenols is 1. The molecule has 0 aliphatic heterocycles. The van der Waals surface area contributed by atoms with Gasteiger partial charge < -0.3 is 9.84 Å². The number of hydrogen-bond acceptors (Lipinski definition) is 5. The van der Waals surface area contributed by atoms with Crippen LogP contribution in [-0.4, -0.2) is 30.1 Å². The number of thioether (sulfide) groups is 1. The molecule has 25 heavy (non-hydrogen) atoms. The smallest absolute Gasteiger partial charge is 0.250 e. The molecule has 0 radical (unpaired) electrons. The first-order chi connectivity index (χ1) is 12.0. The molecule has 2 aromatic carbocycles. The molecule has 0 aromatic heterocycles. The first-order valence-corrected chi connectivity index (χ1v) is 9.53. The summed E-state index contributed by atoms with van der Waals surface area (Å²) in [5.41, 5.74) is 4.13. The molecule has 0 atom stereocenters. The van der Waals surface area contributed by atoms with Crippen molar-refractivity contribution >= 4 is 51.4 Å². The summed E-state index contributed by atoms with van der Waals surface area (Å²) in [7, 11) is 1.46. The van der Waals surface area contributed by atoms with E-state index in [0.717, 1.165) is 5.56 Å². The third kappa shape index (κ3) is 5.95. The lowest BCUT2D eigenvalue weighted by atomic mass is 10.2. The maximum atomic E-state index is 11.8. The van der Waals surface area contributed by atoms with Gasteiger partial charge in [0.25, 0.3) is 0 Å². The van der Waals surface area contributed by atoms with Crippen LogP contribution in [0.4, 0.5) is 0 Å². The molecule has 0 aliphatic carbocycles. The lowest BCUT2D eigenvalue weighted by Gasteiger charge is -2.06. The van der Waals surface area contributed by atoms with Crippen LogP contribution in [0.2, 0.25) is 5.02 Å². The molecule has 0 saturated carbocycles. The van der Waals surface area contributed by atoms with Gasteiger partial charge in [-0.3, -0.25) is 4.79 Å². The normalized spacial score (nSPS) is 10.8. The van der Waals surface area contributed by atoms with Gasteiger partial charge in [-0.15, -0.1) is 11.8 Å². The van der Waals surface area contributed by atoms with E-state index in [1.807, 2.05) is 24.3 Å². The zero-order valence-electron chi connectivity index (χ0n) is 13.3. The van der Waals surface area contributed by atoms with Crippen LogP contribution in [-0.2, 0) is 10.5 Å². The lowest BCUT2D eigenvalue weighted by molar-refractivity contribution is -0.118. The highest BCUT2D eigenvalue weighted by Crippen LogP contribution is 2.34. The van der Waals surface area contributed by atoms with Crippen molar-refractivity contribution in [2.24, 2.45) is 5.10 Å². The highest BCUT2D eigenvalue weighted by molar-refractivity contribution is 9.10. The number of amides is 1. The molecule has 0 unspecified atom stereocenters. The topological polar surface area (TPSA) is 70.9 Å². The standard InChI is InChI=1S/C17H16BrClN2O3S/c1-24-15-7-11(6-13(18)17(15)23)8-20-21-16(22)10-25-9-12-4-2-3-5-14(12)19/h2-8,23H,9-10H2,1H3,(H,21,22)/b20-8-. The molecule has 5 nitrogen and oxygen atoms in total. The first-order valence-electron chi connectivity index (χ1n) is 7.21. The van der Waals surface area contributed by atoms with E-state index in [2.05, 4.69) is 26.5 Å². The van der Waals surface area contributed by atoms with Crippen molar-refractivity contribution in [3.8, 4) is 11.5 Å². The number of carbonyl (C=O) groups is 1. The number of nitrogens with zero attached hydrogens (tertiary/aromatic N) is 1. The van der Waals surface area contributed by atoms with Crippen LogP contribution in [0.3, 0.4) is 0 Å². The molecule has 1 amide bonds. The maximum Gasteiger partial charge on any atom is 0.250 e. The minimum Gasteiger partial charge on any atom is -0.503 e. The fourth-order valence-electron chi connectivity index (χ4n) is 1.90. The predicted octanol–water partition coefficient (Wildman–Crippen LogP) is 4.20. The zero-order chi connectivity index (χ0) is 18.2. The Labute approximate surface area is 163 Å². The minimum atomic E-state index is -0.210. The summed E-state index contributed by atoms with van der Waals surface area (Å²) < 4.78 is 5.54. The van der Waals surface area contributed by atoms with Gasteiger partial charge in [0, 0.05) is 10.8 Å². The van der Waals surface area contributed by atoms with Crippen molar-refractivity contribution in [2.45, 2.75) is 5.75 Å². The van der Waals surface area contributed by atoms with Crippen LogP contribution in [0.15, 0.2) is 46.0 Å². The summed E-state index contributed by atoms with van der Waals surface area (Å²) in [6, 6.07) is 10.8. The van der Waals surface area contributed by atoms with Gasteiger partial charge in [-0.25, -0.2) is 5.43 Å². The van der Waals surface area contributed by atoms with E-state index in [1.165, 1.54) is 25.1 Å². The quantitative estimate of drug-likeness (QED) is 0.497. The fourth-order valence-corrected chi connectivity index (χ4v) is 3.47. The van der Waals surface area contributed by atoms with Gasteiger partial charge >= 0.3 is 0 Å². The number of carbonyl (C=O) groups excluding carboxylic acids is 1. The van der Waals surface area contributed by atoms with Crippen LogP contribution >= 0.6 is 39.3 Å². The number of methoxy groups -OCH3 is 1. The molecule has 2 aromatic rings. The van der Waals surface area contributed by atoms with E-state index in [-0.39, 0.29) is 17.4 Å². The Morgan fingerprint density at radius 3 is 2.92 bits per heavy atom. The summed E-state index contributed by atoms with van der Waals surface area (Å²) in [5, 5.41) is 14.4. The molecular formula is C17H16BrClN2O3S. The largest absolute Gasteiger partial charge is 0.503 e. The van der Waals surface area contributed by atoms with E-state index in [9.17, 15) is 9.90 Å². The Bertz CT molecular complexity index is 786. The van der Waals surface area contributed by atoms with Crippen molar-refractivity contribution in [1.29, 1.82) is 0 Å². The molecule has 0 bridgehead atoms. The predicted molar refractivity (Wildman–Crippen MR) is 106 cm³/mol. The number of nitrogens with one attached hydrogen (secondary N) is 1. The maximum absolute atomic E-state index is 11.8. The average Bonchev–Trinajstić information content (AvgIpc) is 2.59. The van der Waals surface area contributed by atoms with E-state index in [0.29, 0.717) is 26.6 Å². The second-order valence-corrected chi connectivity index (χ2v) is 7.18. The molecule has 0 heterocycles. The minimum absolute atomic E-state index is 0.0136. The fraction of sp³-hybridized carbons (Fsp3) is 0.176. The van der Waals surface area contributed by atoms with Crippen molar-refractivity contribution < 1.29 is 14.6 Å². The Hall–Kier alpha value is -1.70. The summed E-state index contributed by atoms with van der Waals surface area (Å²) in [4.78, 5) is 11.8. The Kier molecular flexibility index (Phi) is 7.61. The van der Waals surface area contributed by atoms with Crippen molar-refractivity contribution in [3.05, 3.63) is 57.0 Å². The number of rotatable bonds is 7. The van der Waals surface area contributed by atoms with Gasteiger partial charge in [-0.05, 0) is 45.3 Å². The molecule has 0 aliphatic rings.